The molecule has 104 valence electrons. The third-order valence-electron chi connectivity index (χ3n) is 2.84. The van der Waals surface area contributed by atoms with Crippen molar-refractivity contribution in [1.29, 1.82) is 0 Å². The number of aliphatic carboxylic acids is 1. The fraction of sp³-hybridized carbons (Fsp3) is 0.188. The maximum absolute atomic E-state index is 10.6. The fourth-order valence-corrected chi connectivity index (χ4v) is 2.13. The maximum Gasteiger partial charge on any atom is 0.307 e. The van der Waals surface area contributed by atoms with E-state index >= 15 is 0 Å². The lowest BCUT2D eigenvalue weighted by atomic mass is 10.1. The molecule has 1 N–H and O–H groups in total. The Morgan fingerprint density at radius 1 is 1.10 bits per heavy atom. The molecule has 0 unspecified atom stereocenters. The first-order valence-corrected chi connectivity index (χ1v) is 6.70. The average molecular weight is 291 g/mol. The molecule has 2 aromatic rings. The largest absolute Gasteiger partial charge is 0.492 e. The highest BCUT2D eigenvalue weighted by atomic mass is 35.5. The molecule has 0 radical (unpaired) electrons. The standard InChI is InChI=1S/C16H15ClO3/c17-14-10-13(11-16(18)19)6-7-15(14)20-9-8-12-4-2-1-3-5-12/h1-7,10H,8-9,11H2,(H,18,19). The van der Waals surface area contributed by atoms with Gasteiger partial charge in [-0.15, -0.1) is 0 Å². The highest BCUT2D eigenvalue weighted by Gasteiger charge is 2.06. The summed E-state index contributed by atoms with van der Waals surface area (Å²) in [6.45, 7) is 0.530. The van der Waals surface area contributed by atoms with Gasteiger partial charge in [0.1, 0.15) is 5.75 Å². The van der Waals surface area contributed by atoms with Gasteiger partial charge >= 0.3 is 5.97 Å². The number of benzene rings is 2. The van der Waals surface area contributed by atoms with Crippen LogP contribution in [0.4, 0.5) is 0 Å². The zero-order chi connectivity index (χ0) is 14.4. The molecule has 0 saturated carbocycles. The second kappa shape index (κ2) is 6.96. The number of carbonyl (C=O) groups is 1. The Hall–Kier alpha value is -2.00. The minimum atomic E-state index is -0.876. The van der Waals surface area contributed by atoms with E-state index < -0.39 is 5.97 Å². The van der Waals surface area contributed by atoms with Crippen LogP contribution in [0.2, 0.25) is 5.02 Å². The molecule has 0 aromatic heterocycles. The number of hydrogen-bond donors (Lipinski definition) is 1. The topological polar surface area (TPSA) is 46.5 Å². The number of ether oxygens (including phenoxy) is 1. The van der Waals surface area contributed by atoms with Gasteiger partial charge in [0.2, 0.25) is 0 Å². The van der Waals surface area contributed by atoms with Crippen molar-refractivity contribution in [1.82, 2.24) is 0 Å². The highest BCUT2D eigenvalue weighted by molar-refractivity contribution is 6.32. The second-order valence-corrected chi connectivity index (χ2v) is 4.83. The maximum atomic E-state index is 10.6. The van der Waals surface area contributed by atoms with Crippen LogP contribution in [0.5, 0.6) is 5.75 Å². The molecule has 0 atom stereocenters. The lowest BCUT2D eigenvalue weighted by Crippen LogP contribution is -2.03. The summed E-state index contributed by atoms with van der Waals surface area (Å²) in [7, 11) is 0. The van der Waals surface area contributed by atoms with Crippen LogP contribution in [0.15, 0.2) is 48.5 Å². The predicted octanol–water partition coefficient (Wildman–Crippen LogP) is 3.59. The van der Waals surface area contributed by atoms with Crippen LogP contribution < -0.4 is 4.74 Å². The summed E-state index contributed by atoms with van der Waals surface area (Å²) >= 11 is 6.08. The van der Waals surface area contributed by atoms with E-state index in [4.69, 9.17) is 21.4 Å². The van der Waals surface area contributed by atoms with Crippen molar-refractivity contribution in [3.05, 3.63) is 64.7 Å². The van der Waals surface area contributed by atoms with E-state index in [-0.39, 0.29) is 6.42 Å². The predicted molar refractivity (Wildman–Crippen MR) is 78.4 cm³/mol. The molecule has 0 heterocycles. The summed E-state index contributed by atoms with van der Waals surface area (Å²) in [6.07, 6.45) is 0.762. The summed E-state index contributed by atoms with van der Waals surface area (Å²) in [5.41, 5.74) is 1.86. The van der Waals surface area contributed by atoms with Gasteiger partial charge in [-0.3, -0.25) is 4.79 Å². The molecule has 0 aliphatic heterocycles. The molecule has 0 amide bonds. The van der Waals surface area contributed by atoms with Crippen molar-refractivity contribution in [2.75, 3.05) is 6.61 Å². The van der Waals surface area contributed by atoms with Gasteiger partial charge in [0.25, 0.3) is 0 Å². The van der Waals surface area contributed by atoms with Gasteiger partial charge in [-0.05, 0) is 23.3 Å². The molecule has 0 bridgehead atoms. The lowest BCUT2D eigenvalue weighted by Gasteiger charge is -2.09. The van der Waals surface area contributed by atoms with Gasteiger partial charge in [0.05, 0.1) is 18.1 Å². The molecule has 0 fully saturated rings. The first-order chi connectivity index (χ1) is 9.65. The van der Waals surface area contributed by atoms with Crippen molar-refractivity contribution < 1.29 is 14.6 Å². The highest BCUT2D eigenvalue weighted by Crippen LogP contribution is 2.25. The van der Waals surface area contributed by atoms with Crippen molar-refractivity contribution >= 4 is 17.6 Å². The Kier molecular flexibility index (Phi) is 5.02. The van der Waals surface area contributed by atoms with Gasteiger partial charge in [-0.25, -0.2) is 0 Å². The number of halogens is 1. The molecule has 0 aliphatic rings. The molecule has 2 aromatic carbocycles. The van der Waals surface area contributed by atoms with Crippen LogP contribution in [0.1, 0.15) is 11.1 Å². The van der Waals surface area contributed by atoms with Crippen molar-refractivity contribution in [3.8, 4) is 5.75 Å². The zero-order valence-corrected chi connectivity index (χ0v) is 11.6. The summed E-state index contributed by atoms with van der Waals surface area (Å²) in [5, 5.41) is 9.16. The minimum Gasteiger partial charge on any atom is -0.492 e. The zero-order valence-electron chi connectivity index (χ0n) is 10.9. The lowest BCUT2D eigenvalue weighted by molar-refractivity contribution is -0.136. The van der Waals surface area contributed by atoms with Gasteiger partial charge in [0.15, 0.2) is 0 Å². The van der Waals surface area contributed by atoms with Crippen LogP contribution in [-0.2, 0) is 17.6 Å². The third kappa shape index (κ3) is 4.28. The Labute approximate surface area is 122 Å². The number of carboxylic acid groups (broad SMARTS) is 1. The van der Waals surface area contributed by atoms with E-state index in [2.05, 4.69) is 0 Å². The number of rotatable bonds is 6. The van der Waals surface area contributed by atoms with E-state index in [0.717, 1.165) is 6.42 Å². The van der Waals surface area contributed by atoms with Gasteiger partial charge in [-0.1, -0.05) is 48.0 Å². The molecule has 0 saturated heterocycles. The molecule has 20 heavy (non-hydrogen) atoms. The summed E-state index contributed by atoms with van der Waals surface area (Å²) in [6, 6.07) is 15.1. The SMILES string of the molecule is O=C(O)Cc1ccc(OCCc2ccccc2)c(Cl)c1. The molecule has 0 spiro atoms. The first kappa shape index (κ1) is 14.4. The van der Waals surface area contributed by atoms with Crippen molar-refractivity contribution in [2.24, 2.45) is 0 Å². The smallest absolute Gasteiger partial charge is 0.307 e. The monoisotopic (exact) mass is 290 g/mol. The molecule has 3 nitrogen and oxygen atoms in total. The van der Waals surface area contributed by atoms with Gasteiger partial charge < -0.3 is 9.84 Å². The van der Waals surface area contributed by atoms with E-state index in [1.165, 1.54) is 5.56 Å². The van der Waals surface area contributed by atoms with Crippen LogP contribution in [0.25, 0.3) is 0 Å². The third-order valence-corrected chi connectivity index (χ3v) is 3.14. The average Bonchev–Trinajstić information content (AvgIpc) is 2.42. The van der Waals surface area contributed by atoms with E-state index in [1.807, 2.05) is 30.3 Å². The van der Waals surface area contributed by atoms with Crippen molar-refractivity contribution in [2.45, 2.75) is 12.8 Å². The van der Waals surface area contributed by atoms with Crippen LogP contribution in [0.3, 0.4) is 0 Å². The quantitative estimate of drug-likeness (QED) is 0.884. The molecular formula is C16H15ClO3. The second-order valence-electron chi connectivity index (χ2n) is 4.42. The van der Waals surface area contributed by atoms with Crippen LogP contribution >= 0.6 is 11.6 Å². The minimum absolute atomic E-state index is 0.0377. The first-order valence-electron chi connectivity index (χ1n) is 6.32. The Balaban J connectivity index is 1.91. The van der Waals surface area contributed by atoms with E-state index in [9.17, 15) is 4.79 Å². The molecule has 4 heteroatoms. The number of carboxylic acids is 1. The Bertz CT molecular complexity index is 582. The summed E-state index contributed by atoms with van der Waals surface area (Å²) in [4.78, 5) is 10.6. The van der Waals surface area contributed by atoms with E-state index in [1.54, 1.807) is 18.2 Å². The summed E-state index contributed by atoms with van der Waals surface area (Å²) < 4.78 is 5.62. The van der Waals surface area contributed by atoms with E-state index in [0.29, 0.717) is 22.9 Å². The van der Waals surface area contributed by atoms with Crippen LogP contribution in [-0.4, -0.2) is 17.7 Å². The number of hydrogen-bond acceptors (Lipinski definition) is 2. The van der Waals surface area contributed by atoms with Gasteiger partial charge in [-0.2, -0.15) is 0 Å². The molecule has 0 aliphatic carbocycles. The van der Waals surface area contributed by atoms with Gasteiger partial charge in [0, 0.05) is 6.42 Å². The van der Waals surface area contributed by atoms with Crippen molar-refractivity contribution in [3.63, 3.8) is 0 Å². The fourth-order valence-electron chi connectivity index (χ4n) is 1.87. The van der Waals surface area contributed by atoms with Crippen LogP contribution in [0, 0.1) is 0 Å². The Morgan fingerprint density at radius 2 is 1.85 bits per heavy atom. The Morgan fingerprint density at radius 3 is 2.50 bits per heavy atom. The summed E-state index contributed by atoms with van der Waals surface area (Å²) in [5.74, 6) is -0.296. The molecule has 2 rings (SSSR count). The normalized spacial score (nSPS) is 10.2. The molecular weight excluding hydrogens is 276 g/mol.